The van der Waals surface area contributed by atoms with E-state index in [4.69, 9.17) is 26.8 Å². The summed E-state index contributed by atoms with van der Waals surface area (Å²) < 4.78 is 12.6. The molecule has 4 rings (SSSR count). The number of amides is 1. The molecule has 0 radical (unpaired) electrons. The van der Waals surface area contributed by atoms with Crippen molar-refractivity contribution in [3.05, 3.63) is 87.7 Å². The predicted molar refractivity (Wildman–Crippen MR) is 130 cm³/mol. The van der Waals surface area contributed by atoms with Gasteiger partial charge in [0.1, 0.15) is 5.56 Å². The Morgan fingerprint density at radius 2 is 1.89 bits per heavy atom. The first-order chi connectivity index (χ1) is 16.4. The van der Waals surface area contributed by atoms with Gasteiger partial charge < -0.3 is 32.2 Å². The van der Waals surface area contributed by atoms with E-state index in [-0.39, 0.29) is 28.7 Å². The molecule has 8 heteroatoms. The van der Waals surface area contributed by atoms with E-state index >= 15 is 0 Å². The maximum atomic E-state index is 12.9. The van der Waals surface area contributed by atoms with Crippen LogP contribution < -0.4 is 36.8 Å². The number of carbonyl (C=O) groups is 2. The van der Waals surface area contributed by atoms with Crippen molar-refractivity contribution in [3.8, 4) is 11.5 Å². The van der Waals surface area contributed by atoms with Gasteiger partial charge in [0.25, 0.3) is 5.91 Å². The number of primary amides is 1. The lowest BCUT2D eigenvalue weighted by atomic mass is 9.95. The van der Waals surface area contributed by atoms with E-state index in [2.05, 4.69) is 0 Å². The highest BCUT2D eigenvalue weighted by Gasteiger charge is 2.31. The highest BCUT2D eigenvalue weighted by atomic mass is 79.9. The van der Waals surface area contributed by atoms with Crippen LogP contribution in [0.1, 0.15) is 50.2 Å². The molecule has 1 unspecified atom stereocenters. The van der Waals surface area contributed by atoms with Crippen LogP contribution in [0.4, 0.5) is 0 Å². The van der Waals surface area contributed by atoms with Crippen LogP contribution in [0, 0.1) is 5.92 Å². The molecule has 3 aromatic rings. The molecule has 2 aromatic carbocycles. The van der Waals surface area contributed by atoms with Crippen LogP contribution >= 0.6 is 11.6 Å². The van der Waals surface area contributed by atoms with E-state index in [9.17, 15) is 9.59 Å². The molecular weight excluding hydrogens is 532 g/mol. The van der Waals surface area contributed by atoms with Crippen LogP contribution in [0.25, 0.3) is 0 Å². The minimum Gasteiger partial charge on any atom is -1.00 e. The van der Waals surface area contributed by atoms with Gasteiger partial charge in [0.15, 0.2) is 36.2 Å². The molecule has 184 valence electrons. The molecule has 0 saturated heterocycles. The zero-order valence-corrected chi connectivity index (χ0v) is 22.1. The second-order valence-corrected chi connectivity index (χ2v) is 9.01. The van der Waals surface area contributed by atoms with Gasteiger partial charge in [-0.05, 0) is 61.1 Å². The fraction of sp³-hybridized carbons (Fsp3) is 0.296. The summed E-state index contributed by atoms with van der Waals surface area (Å²) in [6, 6.07) is 13.2. The molecule has 1 aromatic heterocycles. The largest absolute Gasteiger partial charge is 1.00 e. The average Bonchev–Trinajstić information content (AvgIpc) is 3.13. The topological polar surface area (TPSA) is 82.5 Å². The van der Waals surface area contributed by atoms with Gasteiger partial charge in [-0.1, -0.05) is 23.7 Å². The van der Waals surface area contributed by atoms with Crippen molar-refractivity contribution >= 4 is 23.3 Å². The number of hydrogen-bond donors (Lipinski definition) is 1. The number of ketones is 1. The fourth-order valence-electron chi connectivity index (χ4n) is 4.62. The zero-order valence-electron chi connectivity index (χ0n) is 19.7. The van der Waals surface area contributed by atoms with E-state index in [1.165, 1.54) is 0 Å². The first kappa shape index (κ1) is 26.7. The number of nitrogens with two attached hydrogens (primary N) is 1. The lowest BCUT2D eigenvalue weighted by Gasteiger charge is -2.09. The number of aryl methyl sites for hydroxylation is 1. The third-order valence-electron chi connectivity index (χ3n) is 6.34. The number of methoxy groups -OCH3 is 2. The standard InChI is InChI=1S/C27H27ClN2O4.BrH/c1-33-24-13-20-12-19(26(31)22(20)14-25(24)34-2)7-4-6-18-9-10-30(16-23(18)27(29)32)15-17-5-3-8-21(28)11-17;/h3,5,8-11,13-14,16,19H,4,6-7,12,15H2,1-2H3,(H-,29,32);1H. The third kappa shape index (κ3) is 6.03. The number of rotatable bonds is 9. The summed E-state index contributed by atoms with van der Waals surface area (Å²) >= 11 is 6.08. The van der Waals surface area contributed by atoms with Crippen LogP contribution in [0.2, 0.25) is 5.02 Å². The summed E-state index contributed by atoms with van der Waals surface area (Å²) in [5.74, 6) is 0.797. The van der Waals surface area contributed by atoms with Crippen molar-refractivity contribution in [2.24, 2.45) is 11.7 Å². The Morgan fingerprint density at radius 1 is 1.14 bits per heavy atom. The van der Waals surface area contributed by atoms with Crippen LogP contribution in [-0.4, -0.2) is 25.9 Å². The average molecular weight is 560 g/mol. The number of hydrogen-bond acceptors (Lipinski definition) is 4. The number of carbonyl (C=O) groups excluding carboxylic acids is 2. The van der Waals surface area contributed by atoms with Gasteiger partial charge in [-0.15, -0.1) is 0 Å². The lowest BCUT2D eigenvalue weighted by Crippen LogP contribution is -3.00. The zero-order chi connectivity index (χ0) is 24.2. The molecule has 0 fully saturated rings. The van der Waals surface area contributed by atoms with Crippen molar-refractivity contribution in [1.82, 2.24) is 0 Å². The van der Waals surface area contributed by atoms with E-state index in [0.29, 0.717) is 47.0 Å². The van der Waals surface area contributed by atoms with Gasteiger partial charge in [-0.25, -0.2) is 0 Å². The number of pyridine rings is 1. The number of nitrogens with zero attached hydrogens (tertiary/aromatic N) is 1. The molecule has 1 atom stereocenters. The number of aromatic nitrogens is 1. The van der Waals surface area contributed by atoms with E-state index < -0.39 is 5.91 Å². The van der Waals surface area contributed by atoms with Crippen LogP contribution in [0.3, 0.4) is 0 Å². The Balaban J connectivity index is 0.00000342. The number of halogens is 2. The maximum absolute atomic E-state index is 12.9. The summed E-state index contributed by atoms with van der Waals surface area (Å²) in [5.41, 5.74) is 9.81. The van der Waals surface area contributed by atoms with Gasteiger partial charge >= 0.3 is 0 Å². The Hall–Kier alpha value is -2.90. The molecule has 0 spiro atoms. The first-order valence-electron chi connectivity index (χ1n) is 11.2. The molecule has 0 saturated carbocycles. The van der Waals surface area contributed by atoms with Gasteiger partial charge in [-0.2, -0.15) is 4.57 Å². The van der Waals surface area contributed by atoms with Crippen molar-refractivity contribution in [2.75, 3.05) is 14.2 Å². The Kier molecular flexibility index (Phi) is 8.92. The minimum atomic E-state index is -0.459. The monoisotopic (exact) mass is 558 g/mol. The molecule has 2 N–H and O–H groups in total. The summed E-state index contributed by atoms with van der Waals surface area (Å²) in [6.45, 7) is 0.586. The number of fused-ring (bicyclic) bond motifs is 1. The first-order valence-corrected chi connectivity index (χ1v) is 11.6. The predicted octanol–water partition coefficient (Wildman–Crippen LogP) is 1.17. The lowest BCUT2D eigenvalue weighted by molar-refractivity contribution is -0.688. The number of Topliss-reactive ketones (excluding diaryl/α,β-unsaturated/α-hetero) is 1. The fourth-order valence-corrected chi connectivity index (χ4v) is 4.83. The van der Waals surface area contributed by atoms with Gasteiger partial charge in [-0.3, -0.25) is 9.59 Å². The molecule has 1 aliphatic rings. The molecule has 1 amide bonds. The molecule has 35 heavy (non-hydrogen) atoms. The van der Waals surface area contributed by atoms with Crippen molar-refractivity contribution in [2.45, 2.75) is 32.2 Å². The van der Waals surface area contributed by atoms with Gasteiger partial charge in [0, 0.05) is 28.1 Å². The summed E-state index contributed by atoms with van der Waals surface area (Å²) in [6.07, 6.45) is 6.59. The van der Waals surface area contributed by atoms with E-state index in [1.807, 2.05) is 47.2 Å². The third-order valence-corrected chi connectivity index (χ3v) is 6.57. The summed E-state index contributed by atoms with van der Waals surface area (Å²) in [4.78, 5) is 25.1. The van der Waals surface area contributed by atoms with Crippen LogP contribution in [0.5, 0.6) is 11.5 Å². The second-order valence-electron chi connectivity index (χ2n) is 8.57. The molecule has 1 aliphatic carbocycles. The molecule has 0 aliphatic heterocycles. The van der Waals surface area contributed by atoms with E-state index in [1.54, 1.807) is 26.5 Å². The molecular formula is C27H28BrClN2O4. The summed E-state index contributed by atoms with van der Waals surface area (Å²) in [7, 11) is 3.16. The van der Waals surface area contributed by atoms with Crippen molar-refractivity contribution < 1.29 is 40.6 Å². The molecule has 6 nitrogen and oxygen atoms in total. The smallest absolute Gasteiger partial charge is 0.255 e. The highest BCUT2D eigenvalue weighted by Crippen LogP contribution is 2.38. The summed E-state index contributed by atoms with van der Waals surface area (Å²) in [5, 5.41) is 0.672. The molecule has 1 heterocycles. The van der Waals surface area contributed by atoms with Gasteiger partial charge in [0.2, 0.25) is 0 Å². The Labute approximate surface area is 220 Å². The quantitative estimate of drug-likeness (QED) is 0.399. The normalized spacial score (nSPS) is 14.3. The molecule has 0 bridgehead atoms. The van der Waals surface area contributed by atoms with Crippen LogP contribution in [0.15, 0.2) is 54.9 Å². The van der Waals surface area contributed by atoms with Crippen molar-refractivity contribution in [1.29, 1.82) is 0 Å². The SMILES string of the molecule is COc1cc2c(cc1OC)C(=O)C(CCCc1cc[n+](Cc3cccc(Cl)c3)cc1C(N)=O)C2.[Br-]. The number of benzene rings is 2. The van der Waals surface area contributed by atoms with E-state index in [0.717, 1.165) is 29.5 Å². The highest BCUT2D eigenvalue weighted by molar-refractivity contribution is 6.30. The Bertz CT molecular complexity index is 1250. The maximum Gasteiger partial charge on any atom is 0.255 e. The van der Waals surface area contributed by atoms with Crippen LogP contribution in [-0.2, 0) is 19.4 Å². The minimum absolute atomic E-state index is 0. The van der Waals surface area contributed by atoms with Gasteiger partial charge in [0.05, 0.1) is 14.2 Å². The number of ether oxygens (including phenoxy) is 2. The second kappa shape index (κ2) is 11.7. The Morgan fingerprint density at radius 3 is 2.57 bits per heavy atom. The van der Waals surface area contributed by atoms with Crippen molar-refractivity contribution in [3.63, 3.8) is 0 Å².